The number of fused-ring (bicyclic) bond motifs is 1. The first-order valence-electron chi connectivity index (χ1n) is 6.76. The summed E-state index contributed by atoms with van der Waals surface area (Å²) in [4.78, 5) is 13.0. The summed E-state index contributed by atoms with van der Waals surface area (Å²) in [6, 6.07) is 8.11. The van der Waals surface area contributed by atoms with Gasteiger partial charge in [-0.1, -0.05) is 12.1 Å². The van der Waals surface area contributed by atoms with Gasteiger partial charge in [-0.15, -0.1) is 0 Å². The van der Waals surface area contributed by atoms with Crippen LogP contribution in [0, 0.1) is 0 Å². The topological polar surface area (TPSA) is 58.3 Å². The first-order valence-corrected chi connectivity index (χ1v) is 6.76. The summed E-state index contributed by atoms with van der Waals surface area (Å²) in [6.45, 7) is 1.77. The van der Waals surface area contributed by atoms with Gasteiger partial charge in [0.1, 0.15) is 5.82 Å². The molecule has 1 aliphatic rings. The molecule has 0 aliphatic carbocycles. The summed E-state index contributed by atoms with van der Waals surface area (Å²) in [5, 5.41) is 0. The zero-order valence-corrected chi connectivity index (χ0v) is 11.9. The minimum atomic E-state index is 0.731. The molecule has 104 valence electrons. The van der Waals surface area contributed by atoms with Gasteiger partial charge in [0.2, 0.25) is 5.95 Å². The number of rotatable bonds is 2. The Labute approximate surface area is 119 Å². The van der Waals surface area contributed by atoms with Crippen molar-refractivity contribution in [1.82, 2.24) is 9.97 Å². The second-order valence-electron chi connectivity index (χ2n) is 5.27. The quantitative estimate of drug-likeness (QED) is 0.841. The van der Waals surface area contributed by atoms with E-state index in [4.69, 9.17) is 5.73 Å². The van der Waals surface area contributed by atoms with Crippen LogP contribution in [0.15, 0.2) is 30.5 Å². The molecule has 0 unspecified atom stereocenters. The van der Waals surface area contributed by atoms with E-state index in [-0.39, 0.29) is 0 Å². The number of nitrogens with two attached hydrogens (primary N) is 1. The van der Waals surface area contributed by atoms with Gasteiger partial charge in [-0.05, 0) is 29.7 Å². The number of benzene rings is 1. The summed E-state index contributed by atoms with van der Waals surface area (Å²) >= 11 is 0. The van der Waals surface area contributed by atoms with Crippen molar-refractivity contribution in [2.24, 2.45) is 0 Å². The summed E-state index contributed by atoms with van der Waals surface area (Å²) in [6.07, 6.45) is 2.81. The second-order valence-corrected chi connectivity index (χ2v) is 5.27. The van der Waals surface area contributed by atoms with Crippen LogP contribution in [-0.4, -0.2) is 30.6 Å². The molecule has 0 saturated heterocycles. The summed E-state index contributed by atoms with van der Waals surface area (Å²) in [7, 11) is 3.89. The summed E-state index contributed by atoms with van der Waals surface area (Å²) in [5.74, 6) is 1.69. The van der Waals surface area contributed by atoms with Gasteiger partial charge in [-0.2, -0.15) is 4.98 Å². The van der Waals surface area contributed by atoms with Gasteiger partial charge >= 0.3 is 0 Å². The molecule has 0 spiro atoms. The molecule has 1 aliphatic heterocycles. The fraction of sp³-hybridized carbons (Fsp3) is 0.333. The molecule has 0 fully saturated rings. The Morgan fingerprint density at radius 2 is 2.10 bits per heavy atom. The third-order valence-electron chi connectivity index (χ3n) is 3.66. The van der Waals surface area contributed by atoms with Crippen LogP contribution in [0.3, 0.4) is 0 Å². The molecule has 2 aromatic rings. The van der Waals surface area contributed by atoms with Gasteiger partial charge in [0.05, 0.1) is 0 Å². The van der Waals surface area contributed by atoms with E-state index in [1.54, 1.807) is 0 Å². The minimum Gasteiger partial charge on any atom is -0.398 e. The van der Waals surface area contributed by atoms with Crippen LogP contribution in [0.25, 0.3) is 0 Å². The van der Waals surface area contributed by atoms with Crippen LogP contribution in [0.2, 0.25) is 0 Å². The lowest BCUT2D eigenvalue weighted by molar-refractivity contribution is 0.720. The number of hydrogen-bond donors (Lipinski definition) is 1. The van der Waals surface area contributed by atoms with E-state index >= 15 is 0 Å². The van der Waals surface area contributed by atoms with E-state index in [1.807, 2.05) is 43.4 Å². The number of aromatic nitrogens is 2. The Kier molecular flexibility index (Phi) is 3.18. The molecular weight excluding hydrogens is 250 g/mol. The molecule has 1 aromatic heterocycles. The molecule has 2 N–H and O–H groups in total. The number of nitrogens with zero attached hydrogens (tertiary/aromatic N) is 4. The van der Waals surface area contributed by atoms with Crippen LogP contribution >= 0.6 is 0 Å². The highest BCUT2D eigenvalue weighted by atomic mass is 15.3. The maximum atomic E-state index is 6.09. The Balaban J connectivity index is 1.90. The van der Waals surface area contributed by atoms with E-state index < -0.39 is 0 Å². The van der Waals surface area contributed by atoms with Crippen LogP contribution < -0.4 is 15.5 Å². The van der Waals surface area contributed by atoms with Crippen molar-refractivity contribution < 1.29 is 0 Å². The van der Waals surface area contributed by atoms with E-state index in [0.717, 1.165) is 37.0 Å². The number of anilines is 3. The van der Waals surface area contributed by atoms with Gasteiger partial charge in [-0.3, -0.25) is 0 Å². The smallest absolute Gasteiger partial charge is 0.226 e. The molecule has 20 heavy (non-hydrogen) atoms. The Hall–Kier alpha value is -2.30. The normalized spacial score (nSPS) is 14.0. The highest BCUT2D eigenvalue weighted by Gasteiger charge is 2.19. The highest BCUT2D eigenvalue weighted by Crippen LogP contribution is 2.27. The maximum absolute atomic E-state index is 6.09. The lowest BCUT2D eigenvalue weighted by Crippen LogP contribution is -2.32. The zero-order chi connectivity index (χ0) is 14.1. The Bertz CT molecular complexity index is 623. The zero-order valence-electron chi connectivity index (χ0n) is 11.9. The van der Waals surface area contributed by atoms with Gasteiger partial charge in [-0.25, -0.2) is 4.98 Å². The largest absolute Gasteiger partial charge is 0.398 e. The molecule has 0 bridgehead atoms. The molecule has 3 rings (SSSR count). The average molecular weight is 269 g/mol. The second kappa shape index (κ2) is 5.00. The lowest BCUT2D eigenvalue weighted by Gasteiger charge is -2.30. The SMILES string of the molecule is CN(C)c1nccc(N2CCc3cccc(N)c3C2)n1. The summed E-state index contributed by atoms with van der Waals surface area (Å²) < 4.78 is 0. The van der Waals surface area contributed by atoms with Crippen molar-refractivity contribution >= 4 is 17.5 Å². The first kappa shape index (κ1) is 12.7. The summed E-state index contributed by atoms with van der Waals surface area (Å²) in [5.41, 5.74) is 9.54. The van der Waals surface area contributed by atoms with Crippen molar-refractivity contribution in [1.29, 1.82) is 0 Å². The van der Waals surface area contributed by atoms with Crippen molar-refractivity contribution in [2.75, 3.05) is 36.2 Å². The van der Waals surface area contributed by atoms with E-state index in [9.17, 15) is 0 Å². The number of hydrogen-bond acceptors (Lipinski definition) is 5. The van der Waals surface area contributed by atoms with E-state index in [1.165, 1.54) is 11.1 Å². The Morgan fingerprint density at radius 1 is 1.25 bits per heavy atom. The fourth-order valence-corrected chi connectivity index (χ4v) is 2.53. The lowest BCUT2D eigenvalue weighted by atomic mass is 9.98. The van der Waals surface area contributed by atoms with Gasteiger partial charge in [0.25, 0.3) is 0 Å². The molecule has 1 aromatic carbocycles. The van der Waals surface area contributed by atoms with Crippen LogP contribution in [0.5, 0.6) is 0 Å². The van der Waals surface area contributed by atoms with Gasteiger partial charge < -0.3 is 15.5 Å². The van der Waals surface area contributed by atoms with E-state index in [2.05, 4.69) is 20.9 Å². The molecule has 0 atom stereocenters. The minimum absolute atomic E-state index is 0.731. The standard InChI is InChI=1S/C15H19N5/c1-19(2)15-17-8-6-14(18-15)20-9-7-11-4-3-5-13(16)12(11)10-20/h3-6,8H,7,9-10,16H2,1-2H3. The fourth-order valence-electron chi connectivity index (χ4n) is 2.53. The molecule has 5 nitrogen and oxygen atoms in total. The predicted molar refractivity (Wildman–Crippen MR) is 82.0 cm³/mol. The van der Waals surface area contributed by atoms with E-state index in [0.29, 0.717) is 0 Å². The van der Waals surface area contributed by atoms with Crippen molar-refractivity contribution in [2.45, 2.75) is 13.0 Å². The van der Waals surface area contributed by atoms with Crippen molar-refractivity contribution in [3.05, 3.63) is 41.6 Å². The molecule has 0 radical (unpaired) electrons. The Morgan fingerprint density at radius 3 is 2.90 bits per heavy atom. The van der Waals surface area contributed by atoms with Crippen molar-refractivity contribution in [3.8, 4) is 0 Å². The maximum Gasteiger partial charge on any atom is 0.226 e. The predicted octanol–water partition coefficient (Wildman–Crippen LogP) is 1.69. The number of nitrogen functional groups attached to an aromatic ring is 1. The van der Waals surface area contributed by atoms with Crippen LogP contribution in [0.1, 0.15) is 11.1 Å². The van der Waals surface area contributed by atoms with Gasteiger partial charge in [0, 0.05) is 39.1 Å². The third-order valence-corrected chi connectivity index (χ3v) is 3.66. The highest BCUT2D eigenvalue weighted by molar-refractivity contribution is 5.56. The average Bonchev–Trinajstić information content (AvgIpc) is 2.47. The van der Waals surface area contributed by atoms with Crippen LogP contribution in [0.4, 0.5) is 17.5 Å². The molecule has 0 amide bonds. The monoisotopic (exact) mass is 269 g/mol. The first-order chi connectivity index (χ1) is 9.65. The van der Waals surface area contributed by atoms with Crippen molar-refractivity contribution in [3.63, 3.8) is 0 Å². The molecular formula is C15H19N5. The molecule has 2 heterocycles. The van der Waals surface area contributed by atoms with Crippen LogP contribution in [-0.2, 0) is 13.0 Å². The third kappa shape index (κ3) is 2.27. The molecule has 5 heteroatoms. The van der Waals surface area contributed by atoms with Gasteiger partial charge in [0.15, 0.2) is 0 Å². The molecule has 0 saturated carbocycles.